The molecular weight excluding hydrogens is 272 g/mol. The first-order chi connectivity index (χ1) is 10.1. The molecule has 2 rings (SSSR count). The van der Waals surface area contributed by atoms with Crippen LogP contribution in [0.1, 0.15) is 10.4 Å². The Balaban J connectivity index is 1.95. The summed E-state index contributed by atoms with van der Waals surface area (Å²) >= 11 is 0. The zero-order valence-electron chi connectivity index (χ0n) is 11.1. The van der Waals surface area contributed by atoms with Gasteiger partial charge in [0.2, 0.25) is 5.91 Å². The van der Waals surface area contributed by atoms with Gasteiger partial charge in [0.15, 0.2) is 18.1 Å². The van der Waals surface area contributed by atoms with Crippen LogP contribution >= 0.6 is 0 Å². The van der Waals surface area contributed by atoms with Gasteiger partial charge in [-0.1, -0.05) is 18.2 Å². The number of nitrogens with two attached hydrogens (primary N) is 1. The highest BCUT2D eigenvalue weighted by Crippen LogP contribution is 2.24. The molecule has 0 aliphatic carbocycles. The van der Waals surface area contributed by atoms with Gasteiger partial charge < -0.3 is 20.9 Å². The first-order valence-electron chi connectivity index (χ1n) is 6.17. The van der Waals surface area contributed by atoms with E-state index < -0.39 is 11.8 Å². The number of hydrogen-bond acceptors (Lipinski definition) is 4. The van der Waals surface area contributed by atoms with E-state index in [0.29, 0.717) is 11.3 Å². The minimum atomic E-state index is -0.573. The lowest BCUT2D eigenvalue weighted by atomic mass is 10.2. The number of aromatic hydroxyl groups is 1. The minimum absolute atomic E-state index is 0.0407. The summed E-state index contributed by atoms with van der Waals surface area (Å²) in [5.74, 6) is -0.809. The SMILES string of the molecule is NC(=O)c1cccc(NC(=O)COc2ccccc2O)c1. The third-order valence-electron chi connectivity index (χ3n) is 2.65. The molecular formula is C15H14N2O4. The molecule has 0 radical (unpaired) electrons. The molecule has 0 aliphatic rings. The fraction of sp³-hybridized carbons (Fsp3) is 0.0667. The number of ether oxygens (including phenoxy) is 1. The molecule has 2 aromatic carbocycles. The molecule has 0 saturated carbocycles. The molecule has 21 heavy (non-hydrogen) atoms. The highest BCUT2D eigenvalue weighted by Gasteiger charge is 2.07. The Morgan fingerprint density at radius 2 is 1.90 bits per heavy atom. The van der Waals surface area contributed by atoms with Crippen LogP contribution in [0.3, 0.4) is 0 Å². The molecule has 0 bridgehead atoms. The third-order valence-corrected chi connectivity index (χ3v) is 2.65. The second-order valence-corrected chi connectivity index (χ2v) is 4.25. The van der Waals surface area contributed by atoms with Crippen molar-refractivity contribution < 1.29 is 19.4 Å². The van der Waals surface area contributed by atoms with Crippen LogP contribution in [-0.2, 0) is 4.79 Å². The summed E-state index contributed by atoms with van der Waals surface area (Å²) < 4.78 is 5.19. The molecule has 0 saturated heterocycles. The van der Waals surface area contributed by atoms with Crippen LogP contribution in [0, 0.1) is 0 Å². The van der Waals surface area contributed by atoms with E-state index in [2.05, 4.69) is 5.32 Å². The fourth-order valence-corrected chi connectivity index (χ4v) is 1.67. The number of carbonyl (C=O) groups excluding carboxylic acids is 2. The van der Waals surface area contributed by atoms with Crippen molar-refractivity contribution in [2.24, 2.45) is 5.73 Å². The number of rotatable bonds is 5. The van der Waals surface area contributed by atoms with E-state index in [1.165, 1.54) is 12.1 Å². The molecule has 0 unspecified atom stereocenters. The standard InChI is InChI=1S/C15H14N2O4/c16-15(20)10-4-3-5-11(8-10)17-14(19)9-21-13-7-2-1-6-12(13)18/h1-8,18H,9H2,(H2,16,20)(H,17,19). The molecule has 6 heteroatoms. The highest BCUT2D eigenvalue weighted by atomic mass is 16.5. The maximum atomic E-state index is 11.7. The van der Waals surface area contributed by atoms with E-state index in [4.69, 9.17) is 10.5 Å². The summed E-state index contributed by atoms with van der Waals surface area (Å²) in [4.78, 5) is 22.8. The number of amides is 2. The number of para-hydroxylation sites is 2. The first kappa shape index (κ1) is 14.4. The van der Waals surface area contributed by atoms with Gasteiger partial charge >= 0.3 is 0 Å². The van der Waals surface area contributed by atoms with Crippen molar-refractivity contribution >= 4 is 17.5 Å². The Morgan fingerprint density at radius 3 is 2.62 bits per heavy atom. The lowest BCUT2D eigenvalue weighted by molar-refractivity contribution is -0.118. The molecule has 0 aliphatic heterocycles. The van der Waals surface area contributed by atoms with Crippen LogP contribution in [0.2, 0.25) is 0 Å². The van der Waals surface area contributed by atoms with Gasteiger partial charge in [-0.15, -0.1) is 0 Å². The smallest absolute Gasteiger partial charge is 0.262 e. The number of primary amides is 1. The molecule has 2 aromatic rings. The van der Waals surface area contributed by atoms with Crippen molar-refractivity contribution in [3.05, 3.63) is 54.1 Å². The third kappa shape index (κ3) is 3.97. The molecule has 6 nitrogen and oxygen atoms in total. The van der Waals surface area contributed by atoms with Crippen LogP contribution in [0.4, 0.5) is 5.69 Å². The van der Waals surface area contributed by atoms with Crippen LogP contribution in [-0.4, -0.2) is 23.5 Å². The highest BCUT2D eigenvalue weighted by molar-refractivity contribution is 5.96. The van der Waals surface area contributed by atoms with Gasteiger partial charge in [-0.2, -0.15) is 0 Å². The number of nitrogens with one attached hydrogen (secondary N) is 1. The van der Waals surface area contributed by atoms with E-state index in [9.17, 15) is 14.7 Å². The lowest BCUT2D eigenvalue weighted by Gasteiger charge is -2.09. The maximum absolute atomic E-state index is 11.7. The van der Waals surface area contributed by atoms with Crippen molar-refractivity contribution in [2.75, 3.05) is 11.9 Å². The largest absolute Gasteiger partial charge is 0.504 e. The van der Waals surface area contributed by atoms with Gasteiger partial charge in [0.05, 0.1) is 0 Å². The Kier molecular flexibility index (Phi) is 4.40. The number of carbonyl (C=O) groups is 2. The quantitative estimate of drug-likeness (QED) is 0.775. The van der Waals surface area contributed by atoms with Crippen LogP contribution < -0.4 is 15.8 Å². The Hall–Kier alpha value is -3.02. The van der Waals surface area contributed by atoms with Crippen LogP contribution in [0.5, 0.6) is 11.5 Å². The van der Waals surface area contributed by atoms with Crippen molar-refractivity contribution in [1.82, 2.24) is 0 Å². The molecule has 0 atom stereocenters. The summed E-state index contributed by atoms with van der Waals surface area (Å²) in [5, 5.41) is 12.1. The van der Waals surface area contributed by atoms with E-state index in [1.807, 2.05) is 0 Å². The number of phenolic OH excluding ortho intramolecular Hbond substituents is 1. The van der Waals surface area contributed by atoms with Crippen molar-refractivity contribution in [3.63, 3.8) is 0 Å². The van der Waals surface area contributed by atoms with Gasteiger partial charge in [0, 0.05) is 11.3 Å². The number of phenols is 1. The predicted molar refractivity (Wildman–Crippen MR) is 77.2 cm³/mol. The fourth-order valence-electron chi connectivity index (χ4n) is 1.67. The maximum Gasteiger partial charge on any atom is 0.262 e. The number of anilines is 1. The summed E-state index contributed by atoms with van der Waals surface area (Å²) in [7, 11) is 0. The van der Waals surface area contributed by atoms with Crippen molar-refractivity contribution in [1.29, 1.82) is 0 Å². The van der Waals surface area contributed by atoms with Gasteiger partial charge in [0.25, 0.3) is 5.91 Å². The topological polar surface area (TPSA) is 102 Å². The normalized spacial score (nSPS) is 9.90. The van der Waals surface area contributed by atoms with Gasteiger partial charge in [-0.05, 0) is 30.3 Å². The van der Waals surface area contributed by atoms with E-state index >= 15 is 0 Å². The van der Waals surface area contributed by atoms with Gasteiger partial charge in [-0.3, -0.25) is 9.59 Å². The minimum Gasteiger partial charge on any atom is -0.504 e. The van der Waals surface area contributed by atoms with Crippen LogP contribution in [0.25, 0.3) is 0 Å². The van der Waals surface area contributed by atoms with Crippen LogP contribution in [0.15, 0.2) is 48.5 Å². The average Bonchev–Trinajstić information content (AvgIpc) is 2.46. The molecule has 0 aromatic heterocycles. The molecule has 2 amide bonds. The Bertz CT molecular complexity index is 670. The first-order valence-corrected chi connectivity index (χ1v) is 6.17. The van der Waals surface area contributed by atoms with E-state index in [-0.39, 0.29) is 18.1 Å². The Morgan fingerprint density at radius 1 is 1.14 bits per heavy atom. The molecule has 0 fully saturated rings. The number of hydrogen-bond donors (Lipinski definition) is 3. The molecule has 108 valence electrons. The second-order valence-electron chi connectivity index (χ2n) is 4.25. The molecule has 0 heterocycles. The molecule has 4 N–H and O–H groups in total. The summed E-state index contributed by atoms with van der Waals surface area (Å²) in [6.07, 6.45) is 0. The van der Waals surface area contributed by atoms with Crippen molar-refractivity contribution in [3.8, 4) is 11.5 Å². The van der Waals surface area contributed by atoms with Gasteiger partial charge in [-0.25, -0.2) is 0 Å². The zero-order valence-corrected chi connectivity index (χ0v) is 11.1. The van der Waals surface area contributed by atoms with Crippen molar-refractivity contribution in [2.45, 2.75) is 0 Å². The average molecular weight is 286 g/mol. The summed E-state index contributed by atoms with van der Waals surface area (Å²) in [6, 6.07) is 12.6. The summed E-state index contributed by atoms with van der Waals surface area (Å²) in [5.41, 5.74) is 5.90. The molecule has 0 spiro atoms. The van der Waals surface area contributed by atoms with E-state index in [0.717, 1.165) is 0 Å². The van der Waals surface area contributed by atoms with Gasteiger partial charge in [0.1, 0.15) is 0 Å². The Labute approximate surface area is 121 Å². The zero-order chi connectivity index (χ0) is 15.2. The van der Waals surface area contributed by atoms with E-state index in [1.54, 1.807) is 36.4 Å². The predicted octanol–water partition coefficient (Wildman–Crippen LogP) is 1.51. The second kappa shape index (κ2) is 6.42. The monoisotopic (exact) mass is 286 g/mol. The summed E-state index contributed by atoms with van der Waals surface area (Å²) in [6.45, 7) is -0.266. The number of benzene rings is 2. The lowest BCUT2D eigenvalue weighted by Crippen LogP contribution is -2.20.